The first kappa shape index (κ1) is 18.8. The van der Waals surface area contributed by atoms with Crippen LogP contribution >= 0.6 is 11.6 Å². The number of benzene rings is 1. The van der Waals surface area contributed by atoms with Crippen LogP contribution in [-0.4, -0.2) is 18.0 Å². The molecule has 1 aromatic carbocycles. The fourth-order valence-electron chi connectivity index (χ4n) is 2.61. The highest BCUT2D eigenvalue weighted by molar-refractivity contribution is 6.35. The van der Waals surface area contributed by atoms with Crippen LogP contribution in [0.3, 0.4) is 0 Å². The summed E-state index contributed by atoms with van der Waals surface area (Å²) in [5, 5.41) is 0.147. The lowest BCUT2D eigenvalue weighted by atomic mass is 9.99. The highest BCUT2D eigenvalue weighted by atomic mass is 35.5. The third kappa shape index (κ3) is 3.77. The molecule has 1 aromatic rings. The molecule has 0 aromatic heterocycles. The Kier molecular flexibility index (Phi) is 6.04. The molecule has 0 amide bonds. The molecular formula is C19H20ClFN2O2. The molecule has 1 aliphatic rings. The summed E-state index contributed by atoms with van der Waals surface area (Å²) >= 11 is 6.17. The lowest BCUT2D eigenvalue weighted by molar-refractivity contribution is -0.136. The highest BCUT2D eigenvalue weighted by Gasteiger charge is 2.22. The first-order valence-electron chi connectivity index (χ1n) is 7.80. The number of rotatable bonds is 5. The number of nitrogen functional groups attached to an aromatic ring is 1. The minimum Gasteiger partial charge on any atom is -0.466 e. The molecule has 0 spiro atoms. The molecule has 25 heavy (non-hydrogen) atoms. The van der Waals surface area contributed by atoms with Gasteiger partial charge in [0.25, 0.3) is 0 Å². The fourth-order valence-corrected chi connectivity index (χ4v) is 2.88. The lowest BCUT2D eigenvalue weighted by Crippen LogP contribution is -2.18. The molecule has 0 unspecified atom stereocenters. The van der Waals surface area contributed by atoms with E-state index in [0.29, 0.717) is 29.0 Å². The third-order valence-electron chi connectivity index (χ3n) is 3.82. The summed E-state index contributed by atoms with van der Waals surface area (Å²) < 4.78 is 19.1. The molecule has 0 saturated carbocycles. The number of anilines is 1. The Morgan fingerprint density at radius 1 is 1.44 bits per heavy atom. The van der Waals surface area contributed by atoms with Crippen LogP contribution in [0.4, 0.5) is 10.1 Å². The Morgan fingerprint density at radius 2 is 2.16 bits per heavy atom. The van der Waals surface area contributed by atoms with E-state index in [1.54, 1.807) is 23.3 Å². The third-order valence-corrected chi connectivity index (χ3v) is 4.23. The number of carbonyl (C=O) groups excluding carboxylic acids is 1. The van der Waals surface area contributed by atoms with Crippen LogP contribution in [0, 0.1) is 5.82 Å². The van der Waals surface area contributed by atoms with Crippen molar-refractivity contribution in [2.75, 3.05) is 12.8 Å². The normalized spacial score (nSPS) is 15.7. The summed E-state index contributed by atoms with van der Waals surface area (Å²) in [6.45, 7) is 5.73. The van der Waals surface area contributed by atoms with E-state index in [1.807, 2.05) is 6.92 Å². The summed E-state index contributed by atoms with van der Waals surface area (Å²) in [5.74, 6) is -0.883. The van der Waals surface area contributed by atoms with Crippen molar-refractivity contribution < 1.29 is 13.9 Å². The van der Waals surface area contributed by atoms with Crippen molar-refractivity contribution in [2.24, 2.45) is 0 Å². The predicted molar refractivity (Wildman–Crippen MR) is 98.9 cm³/mol. The molecule has 0 saturated heterocycles. The van der Waals surface area contributed by atoms with E-state index < -0.39 is 11.8 Å². The zero-order valence-electron chi connectivity index (χ0n) is 14.2. The van der Waals surface area contributed by atoms with Crippen LogP contribution in [0.2, 0.25) is 5.02 Å². The molecular weight excluding hydrogens is 343 g/mol. The number of hydrogen-bond acceptors (Lipinski definition) is 4. The highest BCUT2D eigenvalue weighted by Crippen LogP contribution is 2.35. The largest absolute Gasteiger partial charge is 0.466 e. The van der Waals surface area contributed by atoms with Gasteiger partial charge in [0.05, 0.1) is 29.1 Å². The molecule has 0 bridgehead atoms. The monoisotopic (exact) mass is 362 g/mol. The molecule has 132 valence electrons. The standard InChI is InChI=1S/C19H20ClFN2O2/c1-4-6-13(19(24)25-3)16-10-7-12(11-23(16)5-2)17-14(21)8-9-15(22)18(17)20/h5,7-11H,2,4,6,22H2,1,3H3/b16-13+. The van der Waals surface area contributed by atoms with Gasteiger partial charge in [-0.3, -0.25) is 0 Å². The van der Waals surface area contributed by atoms with E-state index in [9.17, 15) is 9.18 Å². The molecule has 0 fully saturated rings. The summed E-state index contributed by atoms with van der Waals surface area (Å²) in [6, 6.07) is 2.69. The van der Waals surface area contributed by atoms with Crippen molar-refractivity contribution in [1.82, 2.24) is 4.90 Å². The second-order valence-electron chi connectivity index (χ2n) is 5.44. The van der Waals surface area contributed by atoms with Gasteiger partial charge in [-0.25, -0.2) is 9.18 Å². The Hall–Kier alpha value is -2.53. The first-order valence-corrected chi connectivity index (χ1v) is 8.18. The number of allylic oxidation sites excluding steroid dienone is 3. The van der Waals surface area contributed by atoms with Gasteiger partial charge in [0.2, 0.25) is 0 Å². The quantitative estimate of drug-likeness (QED) is 0.471. The summed E-state index contributed by atoms with van der Waals surface area (Å²) in [4.78, 5) is 13.7. The molecule has 0 radical (unpaired) electrons. The van der Waals surface area contributed by atoms with E-state index in [0.717, 1.165) is 6.42 Å². The maximum atomic E-state index is 14.3. The van der Waals surface area contributed by atoms with Gasteiger partial charge in [-0.05, 0) is 24.6 Å². The number of hydrogen-bond donors (Lipinski definition) is 1. The lowest BCUT2D eigenvalue weighted by Gasteiger charge is -2.25. The van der Waals surface area contributed by atoms with Crippen molar-refractivity contribution in [3.63, 3.8) is 0 Å². The van der Waals surface area contributed by atoms with Gasteiger partial charge in [-0.15, -0.1) is 0 Å². The molecule has 2 rings (SSSR count). The van der Waals surface area contributed by atoms with Crippen LogP contribution in [-0.2, 0) is 9.53 Å². The second-order valence-corrected chi connectivity index (χ2v) is 5.82. The summed E-state index contributed by atoms with van der Waals surface area (Å²) in [7, 11) is 1.34. The molecule has 2 N–H and O–H groups in total. The van der Waals surface area contributed by atoms with E-state index in [4.69, 9.17) is 22.1 Å². The predicted octanol–water partition coefficient (Wildman–Crippen LogP) is 4.64. The molecule has 0 atom stereocenters. The van der Waals surface area contributed by atoms with Gasteiger partial charge in [-0.2, -0.15) is 0 Å². The van der Waals surface area contributed by atoms with Crippen molar-refractivity contribution in [3.05, 3.63) is 70.9 Å². The SMILES string of the molecule is C=CN1C=C(c2c(F)ccc(N)c2Cl)C=C/C1=C(/CCC)C(=O)OC. The van der Waals surface area contributed by atoms with Gasteiger partial charge in [0.1, 0.15) is 5.82 Å². The van der Waals surface area contributed by atoms with Crippen LogP contribution < -0.4 is 5.73 Å². The Morgan fingerprint density at radius 3 is 2.76 bits per heavy atom. The first-order chi connectivity index (χ1) is 11.9. The van der Waals surface area contributed by atoms with Crippen LogP contribution in [0.15, 0.2) is 54.5 Å². The molecule has 6 heteroatoms. The average molecular weight is 363 g/mol. The van der Waals surface area contributed by atoms with Crippen LogP contribution in [0.1, 0.15) is 25.3 Å². The summed E-state index contributed by atoms with van der Waals surface area (Å²) in [5.41, 5.74) is 7.96. The van der Waals surface area contributed by atoms with E-state index >= 15 is 0 Å². The molecule has 0 aliphatic carbocycles. The molecule has 4 nitrogen and oxygen atoms in total. The summed E-state index contributed by atoms with van der Waals surface area (Å²) in [6.07, 6.45) is 7.93. The van der Waals surface area contributed by atoms with E-state index in [2.05, 4.69) is 6.58 Å². The maximum Gasteiger partial charge on any atom is 0.335 e. The van der Waals surface area contributed by atoms with Crippen molar-refractivity contribution in [1.29, 1.82) is 0 Å². The number of halogens is 2. The zero-order valence-corrected chi connectivity index (χ0v) is 14.9. The van der Waals surface area contributed by atoms with Gasteiger partial charge in [0.15, 0.2) is 0 Å². The van der Waals surface area contributed by atoms with Crippen LogP contribution in [0.5, 0.6) is 0 Å². The minimum absolute atomic E-state index is 0.147. The van der Waals surface area contributed by atoms with Gasteiger partial charge < -0.3 is 15.4 Å². The zero-order chi connectivity index (χ0) is 18.6. The average Bonchev–Trinajstić information content (AvgIpc) is 2.62. The smallest absolute Gasteiger partial charge is 0.335 e. The number of nitrogens with zero attached hydrogens (tertiary/aromatic N) is 1. The topological polar surface area (TPSA) is 55.6 Å². The Labute approximate surface area is 151 Å². The van der Waals surface area contributed by atoms with Crippen molar-refractivity contribution >= 4 is 28.8 Å². The number of carbonyl (C=O) groups is 1. The molecule has 1 heterocycles. The number of nitrogens with two attached hydrogens (primary N) is 1. The van der Waals surface area contributed by atoms with Crippen LogP contribution in [0.25, 0.3) is 5.57 Å². The van der Waals surface area contributed by atoms with Crippen molar-refractivity contribution in [3.8, 4) is 0 Å². The van der Waals surface area contributed by atoms with Gasteiger partial charge >= 0.3 is 5.97 Å². The van der Waals surface area contributed by atoms with E-state index in [1.165, 1.54) is 25.4 Å². The number of ether oxygens (including phenoxy) is 1. The maximum absolute atomic E-state index is 14.3. The minimum atomic E-state index is -0.478. The number of esters is 1. The second kappa shape index (κ2) is 8.03. The van der Waals surface area contributed by atoms with Gasteiger partial charge in [-0.1, -0.05) is 37.6 Å². The Bertz CT molecular complexity index is 797. The van der Waals surface area contributed by atoms with Gasteiger partial charge in [0, 0.05) is 23.5 Å². The Balaban J connectivity index is 2.55. The van der Waals surface area contributed by atoms with Crippen molar-refractivity contribution in [2.45, 2.75) is 19.8 Å². The fraction of sp³-hybridized carbons (Fsp3) is 0.211. The molecule has 1 aliphatic heterocycles. The number of methoxy groups -OCH3 is 1. The van der Waals surface area contributed by atoms with E-state index in [-0.39, 0.29) is 10.6 Å².